The Morgan fingerprint density at radius 2 is 1.81 bits per heavy atom. The van der Waals surface area contributed by atoms with Crippen molar-refractivity contribution in [1.29, 1.82) is 0 Å². The predicted octanol–water partition coefficient (Wildman–Crippen LogP) is 1.56. The minimum atomic E-state index is -3.08. The van der Waals surface area contributed by atoms with Gasteiger partial charge >= 0.3 is 0 Å². The number of sulfonamides is 1. The monoisotopic (exact) mass is 388 g/mol. The number of nitrogens with zero attached hydrogens (tertiary/aromatic N) is 2. The molecule has 1 aliphatic carbocycles. The van der Waals surface area contributed by atoms with Crippen molar-refractivity contribution < 1.29 is 13.2 Å². The minimum Gasteiger partial charge on any atom is -0.378 e. The second kappa shape index (κ2) is 8.02. The van der Waals surface area contributed by atoms with E-state index < -0.39 is 10.0 Å². The molecule has 0 spiro atoms. The summed E-state index contributed by atoms with van der Waals surface area (Å²) in [6.07, 6.45) is 2.54. The second-order valence-electron chi connectivity index (χ2n) is 8.10. The number of hydrogen-bond donors (Lipinski definition) is 2. The molecule has 0 bridgehead atoms. The summed E-state index contributed by atoms with van der Waals surface area (Å²) in [4.78, 5) is 4.58. The Morgan fingerprint density at radius 1 is 1.19 bits per heavy atom. The van der Waals surface area contributed by atoms with Crippen molar-refractivity contribution in [2.45, 2.75) is 71.6 Å². The first-order valence-electron chi connectivity index (χ1n) is 9.70. The first-order valence-corrected chi connectivity index (χ1v) is 11.3. The lowest BCUT2D eigenvalue weighted by Gasteiger charge is -2.59. The predicted molar refractivity (Wildman–Crippen MR) is 106 cm³/mol. The number of hydrogen-bond acceptors (Lipinski definition) is 4. The van der Waals surface area contributed by atoms with E-state index >= 15 is 0 Å². The molecule has 8 heteroatoms. The molecule has 0 aromatic rings. The van der Waals surface area contributed by atoms with Gasteiger partial charge in [0.05, 0.1) is 11.4 Å². The smallest absolute Gasteiger partial charge is 0.213 e. The van der Waals surface area contributed by atoms with Gasteiger partial charge in [-0.25, -0.2) is 12.7 Å². The van der Waals surface area contributed by atoms with E-state index in [9.17, 15) is 8.42 Å². The Kier molecular flexibility index (Phi) is 6.62. The van der Waals surface area contributed by atoms with Crippen LogP contribution >= 0.6 is 0 Å². The SMILES string of the molecule is CCN=C(NC1CCN(S(=O)(=O)CC)CC1)NC1CC(C)(OC)C1(C)C. The fraction of sp³-hybridized carbons (Fsp3) is 0.944. The van der Waals surface area contributed by atoms with Crippen molar-refractivity contribution in [3.63, 3.8) is 0 Å². The molecule has 0 amide bonds. The highest BCUT2D eigenvalue weighted by Gasteiger charge is 2.58. The molecule has 0 aromatic heterocycles. The highest BCUT2D eigenvalue weighted by molar-refractivity contribution is 7.89. The van der Waals surface area contributed by atoms with Crippen molar-refractivity contribution in [3.05, 3.63) is 0 Å². The summed E-state index contributed by atoms with van der Waals surface area (Å²) < 4.78 is 31.3. The van der Waals surface area contributed by atoms with Gasteiger partial charge in [-0.05, 0) is 40.0 Å². The second-order valence-corrected chi connectivity index (χ2v) is 10.4. The third-order valence-electron chi connectivity index (χ3n) is 6.46. The summed E-state index contributed by atoms with van der Waals surface area (Å²) in [5, 5.41) is 7.07. The fourth-order valence-electron chi connectivity index (χ4n) is 3.83. The van der Waals surface area contributed by atoms with Crippen LogP contribution in [-0.2, 0) is 14.8 Å². The van der Waals surface area contributed by atoms with Crippen LogP contribution in [0.25, 0.3) is 0 Å². The van der Waals surface area contributed by atoms with Crippen LogP contribution in [0.3, 0.4) is 0 Å². The normalized spacial score (nSPS) is 30.7. The van der Waals surface area contributed by atoms with Crippen LogP contribution < -0.4 is 10.6 Å². The molecular weight excluding hydrogens is 352 g/mol. The molecular formula is C18H36N4O3S. The van der Waals surface area contributed by atoms with E-state index in [1.165, 1.54) is 0 Å². The standard InChI is InChI=1S/C18H36N4O3S/c1-7-19-16(21-15-13-18(5,25-6)17(15,3)4)20-14-9-11-22(12-10-14)26(23,24)8-2/h14-15H,7-13H2,1-6H3,(H2,19,20,21). The number of piperidine rings is 1. The largest absolute Gasteiger partial charge is 0.378 e. The van der Waals surface area contributed by atoms with Crippen LogP contribution in [-0.4, -0.2) is 68.9 Å². The number of guanidine groups is 1. The maximum absolute atomic E-state index is 12.0. The molecule has 152 valence electrons. The zero-order chi connectivity index (χ0) is 19.6. The highest BCUT2D eigenvalue weighted by Crippen LogP contribution is 2.51. The van der Waals surface area contributed by atoms with E-state index in [4.69, 9.17) is 4.74 Å². The number of rotatable bonds is 6. The van der Waals surface area contributed by atoms with Crippen molar-refractivity contribution in [2.75, 3.05) is 32.5 Å². The third-order valence-corrected chi connectivity index (χ3v) is 8.34. The molecule has 1 saturated heterocycles. The Hall–Kier alpha value is -0.860. The molecule has 2 fully saturated rings. The zero-order valence-corrected chi connectivity index (χ0v) is 17.9. The van der Waals surface area contributed by atoms with Crippen molar-refractivity contribution in [1.82, 2.24) is 14.9 Å². The van der Waals surface area contributed by atoms with E-state index in [0.29, 0.717) is 25.7 Å². The molecule has 2 aliphatic rings. The third kappa shape index (κ3) is 4.17. The van der Waals surface area contributed by atoms with Crippen molar-refractivity contribution in [2.24, 2.45) is 10.4 Å². The Morgan fingerprint density at radius 3 is 2.27 bits per heavy atom. The summed E-state index contributed by atoms with van der Waals surface area (Å²) in [5.74, 6) is 0.991. The highest BCUT2D eigenvalue weighted by atomic mass is 32.2. The lowest BCUT2D eigenvalue weighted by Crippen LogP contribution is -2.70. The van der Waals surface area contributed by atoms with Crippen LogP contribution in [0.5, 0.6) is 0 Å². The van der Waals surface area contributed by atoms with Gasteiger partial charge in [0, 0.05) is 44.2 Å². The van der Waals surface area contributed by atoms with E-state index in [0.717, 1.165) is 25.2 Å². The quantitative estimate of drug-likeness (QED) is 0.533. The zero-order valence-electron chi connectivity index (χ0n) is 17.1. The van der Waals surface area contributed by atoms with Crippen LogP contribution in [0, 0.1) is 5.41 Å². The maximum Gasteiger partial charge on any atom is 0.213 e. The van der Waals surface area contributed by atoms with Crippen LogP contribution in [0.15, 0.2) is 4.99 Å². The molecule has 1 aliphatic heterocycles. The molecule has 26 heavy (non-hydrogen) atoms. The molecule has 2 N–H and O–H groups in total. The van der Waals surface area contributed by atoms with E-state index in [-0.39, 0.29) is 22.8 Å². The number of nitrogens with one attached hydrogen (secondary N) is 2. The topological polar surface area (TPSA) is 83.0 Å². The van der Waals surface area contributed by atoms with Gasteiger partial charge in [-0.1, -0.05) is 13.8 Å². The van der Waals surface area contributed by atoms with Gasteiger partial charge in [0.2, 0.25) is 10.0 Å². The fourth-order valence-corrected chi connectivity index (χ4v) is 4.97. The van der Waals surface area contributed by atoms with Crippen LogP contribution in [0.4, 0.5) is 0 Å². The van der Waals surface area contributed by atoms with Crippen molar-refractivity contribution >= 4 is 16.0 Å². The van der Waals surface area contributed by atoms with Gasteiger partial charge in [0.25, 0.3) is 0 Å². The minimum absolute atomic E-state index is 0.0104. The summed E-state index contributed by atoms with van der Waals surface area (Å²) in [6, 6.07) is 0.541. The Balaban J connectivity index is 1.92. The van der Waals surface area contributed by atoms with Gasteiger partial charge in [-0.2, -0.15) is 0 Å². The Bertz CT molecular complexity index is 612. The lowest BCUT2D eigenvalue weighted by molar-refractivity contribution is -0.176. The van der Waals surface area contributed by atoms with Gasteiger partial charge in [-0.3, -0.25) is 4.99 Å². The summed E-state index contributed by atoms with van der Waals surface area (Å²) >= 11 is 0. The molecule has 2 atom stereocenters. The summed E-state index contributed by atoms with van der Waals surface area (Å²) in [5.41, 5.74) is -0.113. The van der Waals surface area contributed by atoms with Gasteiger partial charge in [-0.15, -0.1) is 0 Å². The van der Waals surface area contributed by atoms with E-state index in [2.05, 4.69) is 36.4 Å². The van der Waals surface area contributed by atoms with Gasteiger partial charge in [0.15, 0.2) is 5.96 Å². The average molecular weight is 389 g/mol. The van der Waals surface area contributed by atoms with Crippen LogP contribution in [0.2, 0.25) is 0 Å². The first-order chi connectivity index (χ1) is 12.1. The van der Waals surface area contributed by atoms with Crippen LogP contribution in [0.1, 0.15) is 53.9 Å². The van der Waals surface area contributed by atoms with E-state index in [1.807, 2.05) is 6.92 Å². The van der Waals surface area contributed by atoms with E-state index in [1.54, 1.807) is 18.3 Å². The van der Waals surface area contributed by atoms with Gasteiger partial charge < -0.3 is 15.4 Å². The van der Waals surface area contributed by atoms with Gasteiger partial charge in [0.1, 0.15) is 0 Å². The number of methoxy groups -OCH3 is 1. The molecule has 7 nitrogen and oxygen atoms in total. The molecule has 0 radical (unpaired) electrons. The Labute approximate surface area is 159 Å². The molecule has 0 aromatic carbocycles. The number of aliphatic imine (C=N–C) groups is 1. The summed E-state index contributed by atoms with van der Waals surface area (Å²) in [7, 11) is -1.31. The van der Waals surface area contributed by atoms with Crippen molar-refractivity contribution in [3.8, 4) is 0 Å². The molecule has 1 heterocycles. The average Bonchev–Trinajstić information content (AvgIpc) is 2.61. The lowest BCUT2D eigenvalue weighted by atomic mass is 9.56. The number of ether oxygens (including phenoxy) is 1. The molecule has 2 unspecified atom stereocenters. The molecule has 2 rings (SSSR count). The maximum atomic E-state index is 12.0. The molecule has 1 saturated carbocycles. The summed E-state index contributed by atoms with van der Waals surface area (Å²) in [6.45, 7) is 12.2. The first kappa shape index (κ1) is 21.4.